The summed E-state index contributed by atoms with van der Waals surface area (Å²) < 4.78 is 5.68. The highest BCUT2D eigenvalue weighted by Crippen LogP contribution is 2.39. The van der Waals surface area contributed by atoms with Crippen LogP contribution in [-0.2, 0) is 4.74 Å². The summed E-state index contributed by atoms with van der Waals surface area (Å²) in [7, 11) is 2.03. The van der Waals surface area contributed by atoms with E-state index in [2.05, 4.69) is 26.1 Å². The molecule has 0 aromatic heterocycles. The quantitative estimate of drug-likeness (QED) is 0.723. The van der Waals surface area contributed by atoms with Crippen molar-refractivity contribution in [3.8, 4) is 0 Å². The lowest BCUT2D eigenvalue weighted by Crippen LogP contribution is -2.39. The van der Waals surface area contributed by atoms with E-state index in [1.165, 1.54) is 12.8 Å². The molecule has 1 aliphatic rings. The van der Waals surface area contributed by atoms with E-state index in [1.54, 1.807) is 0 Å². The number of ether oxygens (including phenoxy) is 1. The van der Waals surface area contributed by atoms with Crippen molar-refractivity contribution in [1.29, 1.82) is 0 Å². The second kappa shape index (κ2) is 4.43. The average Bonchev–Trinajstić information content (AvgIpc) is 2.32. The lowest BCUT2D eigenvalue weighted by molar-refractivity contribution is 0.0528. The Kier molecular flexibility index (Phi) is 3.74. The highest BCUT2D eigenvalue weighted by atomic mass is 16.5. The Labute approximate surface area is 82.0 Å². The molecule has 0 spiro atoms. The Morgan fingerprint density at radius 3 is 2.62 bits per heavy atom. The number of rotatable bonds is 4. The van der Waals surface area contributed by atoms with Crippen LogP contribution in [0.4, 0.5) is 0 Å². The zero-order valence-electron chi connectivity index (χ0n) is 9.39. The van der Waals surface area contributed by atoms with Crippen LogP contribution in [-0.4, -0.2) is 26.3 Å². The SMILES string of the molecule is CNCC1(CC(C)C)CCOC1C. The van der Waals surface area contributed by atoms with E-state index >= 15 is 0 Å². The van der Waals surface area contributed by atoms with Crippen molar-refractivity contribution >= 4 is 0 Å². The normalized spacial score (nSPS) is 34.4. The van der Waals surface area contributed by atoms with Crippen molar-refractivity contribution in [3.05, 3.63) is 0 Å². The Morgan fingerprint density at radius 2 is 2.23 bits per heavy atom. The minimum Gasteiger partial charge on any atom is -0.378 e. The van der Waals surface area contributed by atoms with Gasteiger partial charge in [0.1, 0.15) is 0 Å². The first-order valence-corrected chi connectivity index (χ1v) is 5.37. The summed E-state index contributed by atoms with van der Waals surface area (Å²) in [6, 6.07) is 0. The molecular formula is C11H23NO. The molecule has 0 radical (unpaired) electrons. The Bertz CT molecular complexity index is 158. The molecule has 78 valence electrons. The molecule has 13 heavy (non-hydrogen) atoms. The standard InChI is InChI=1S/C11H23NO/c1-9(2)7-11(8-12-4)5-6-13-10(11)3/h9-10,12H,5-8H2,1-4H3. The number of hydrogen-bond donors (Lipinski definition) is 1. The van der Waals surface area contributed by atoms with Gasteiger partial charge in [0.05, 0.1) is 6.10 Å². The maximum atomic E-state index is 5.68. The van der Waals surface area contributed by atoms with E-state index in [1.807, 2.05) is 7.05 Å². The first-order chi connectivity index (χ1) is 6.10. The van der Waals surface area contributed by atoms with Gasteiger partial charge in [0.25, 0.3) is 0 Å². The van der Waals surface area contributed by atoms with Gasteiger partial charge in [-0.1, -0.05) is 13.8 Å². The van der Waals surface area contributed by atoms with Gasteiger partial charge in [0.15, 0.2) is 0 Å². The highest BCUT2D eigenvalue weighted by Gasteiger charge is 2.40. The molecule has 1 N–H and O–H groups in total. The fraction of sp³-hybridized carbons (Fsp3) is 1.00. The third-order valence-corrected chi connectivity index (χ3v) is 3.17. The second-order valence-electron chi connectivity index (χ2n) is 4.75. The van der Waals surface area contributed by atoms with Crippen molar-refractivity contribution < 1.29 is 4.74 Å². The largest absolute Gasteiger partial charge is 0.378 e. The van der Waals surface area contributed by atoms with E-state index in [0.717, 1.165) is 19.1 Å². The fourth-order valence-electron chi connectivity index (χ4n) is 2.56. The Hall–Kier alpha value is -0.0800. The summed E-state index contributed by atoms with van der Waals surface area (Å²) in [6.07, 6.45) is 2.91. The minimum absolute atomic E-state index is 0.392. The van der Waals surface area contributed by atoms with E-state index in [9.17, 15) is 0 Å². The molecule has 0 bridgehead atoms. The van der Waals surface area contributed by atoms with E-state index in [0.29, 0.717) is 11.5 Å². The van der Waals surface area contributed by atoms with Crippen LogP contribution in [0.5, 0.6) is 0 Å². The zero-order chi connectivity index (χ0) is 9.90. The summed E-state index contributed by atoms with van der Waals surface area (Å²) in [5.74, 6) is 0.762. The molecular weight excluding hydrogens is 162 g/mol. The van der Waals surface area contributed by atoms with Crippen molar-refractivity contribution in [2.45, 2.75) is 39.7 Å². The van der Waals surface area contributed by atoms with Gasteiger partial charge in [-0.3, -0.25) is 0 Å². The third-order valence-electron chi connectivity index (χ3n) is 3.17. The smallest absolute Gasteiger partial charge is 0.0616 e. The molecule has 1 saturated heterocycles. The van der Waals surface area contributed by atoms with Gasteiger partial charge >= 0.3 is 0 Å². The molecule has 1 aliphatic heterocycles. The first kappa shape index (κ1) is 11.0. The first-order valence-electron chi connectivity index (χ1n) is 5.37. The molecule has 2 heteroatoms. The van der Waals surface area contributed by atoms with E-state index in [4.69, 9.17) is 4.74 Å². The van der Waals surface area contributed by atoms with Crippen LogP contribution < -0.4 is 5.32 Å². The second-order valence-corrected chi connectivity index (χ2v) is 4.75. The molecule has 1 fully saturated rings. The van der Waals surface area contributed by atoms with Crippen molar-refractivity contribution in [2.75, 3.05) is 20.2 Å². The topological polar surface area (TPSA) is 21.3 Å². The molecule has 0 aliphatic carbocycles. The molecule has 0 aromatic rings. The number of hydrogen-bond acceptors (Lipinski definition) is 2. The van der Waals surface area contributed by atoms with Gasteiger partial charge < -0.3 is 10.1 Å². The molecule has 1 rings (SSSR count). The summed E-state index contributed by atoms with van der Waals surface area (Å²) in [5, 5.41) is 3.31. The fourth-order valence-corrected chi connectivity index (χ4v) is 2.56. The summed E-state index contributed by atoms with van der Waals surface area (Å²) in [5.41, 5.74) is 0.392. The minimum atomic E-state index is 0.392. The molecule has 0 amide bonds. The van der Waals surface area contributed by atoms with Gasteiger partial charge in [-0.05, 0) is 32.7 Å². The summed E-state index contributed by atoms with van der Waals surface area (Å²) >= 11 is 0. The van der Waals surface area contributed by atoms with Crippen LogP contribution in [0.15, 0.2) is 0 Å². The maximum Gasteiger partial charge on any atom is 0.0616 e. The van der Waals surface area contributed by atoms with Crippen molar-refractivity contribution in [3.63, 3.8) is 0 Å². The van der Waals surface area contributed by atoms with Crippen molar-refractivity contribution in [2.24, 2.45) is 11.3 Å². The molecule has 1 heterocycles. The Morgan fingerprint density at radius 1 is 1.54 bits per heavy atom. The Balaban J connectivity index is 2.62. The van der Waals surface area contributed by atoms with Crippen LogP contribution in [0.1, 0.15) is 33.6 Å². The number of nitrogens with one attached hydrogen (secondary N) is 1. The molecule has 0 aromatic carbocycles. The zero-order valence-corrected chi connectivity index (χ0v) is 9.39. The predicted octanol–water partition coefficient (Wildman–Crippen LogP) is 2.05. The lowest BCUT2D eigenvalue weighted by Gasteiger charge is -2.33. The van der Waals surface area contributed by atoms with Crippen LogP contribution in [0.2, 0.25) is 0 Å². The van der Waals surface area contributed by atoms with Gasteiger partial charge in [0.2, 0.25) is 0 Å². The monoisotopic (exact) mass is 185 g/mol. The van der Waals surface area contributed by atoms with Gasteiger partial charge in [-0.25, -0.2) is 0 Å². The van der Waals surface area contributed by atoms with Crippen LogP contribution in [0, 0.1) is 11.3 Å². The molecule has 2 atom stereocenters. The third kappa shape index (κ3) is 2.44. The van der Waals surface area contributed by atoms with Crippen LogP contribution >= 0.6 is 0 Å². The molecule has 0 saturated carbocycles. The molecule has 2 nitrogen and oxygen atoms in total. The lowest BCUT2D eigenvalue weighted by atomic mass is 9.75. The van der Waals surface area contributed by atoms with Crippen LogP contribution in [0.25, 0.3) is 0 Å². The van der Waals surface area contributed by atoms with E-state index < -0.39 is 0 Å². The summed E-state index contributed by atoms with van der Waals surface area (Å²) in [6.45, 7) is 8.83. The maximum absolute atomic E-state index is 5.68. The summed E-state index contributed by atoms with van der Waals surface area (Å²) in [4.78, 5) is 0. The highest BCUT2D eigenvalue weighted by molar-refractivity contribution is 4.91. The van der Waals surface area contributed by atoms with E-state index in [-0.39, 0.29) is 0 Å². The van der Waals surface area contributed by atoms with Crippen LogP contribution in [0.3, 0.4) is 0 Å². The predicted molar refractivity (Wildman–Crippen MR) is 55.8 cm³/mol. The molecule has 2 unspecified atom stereocenters. The van der Waals surface area contributed by atoms with Crippen molar-refractivity contribution in [1.82, 2.24) is 5.32 Å². The van der Waals surface area contributed by atoms with Gasteiger partial charge in [0, 0.05) is 18.6 Å². The van der Waals surface area contributed by atoms with Gasteiger partial charge in [-0.15, -0.1) is 0 Å². The van der Waals surface area contributed by atoms with Gasteiger partial charge in [-0.2, -0.15) is 0 Å². The average molecular weight is 185 g/mol.